The summed E-state index contributed by atoms with van der Waals surface area (Å²) in [4.78, 5) is 18.5. The van der Waals surface area contributed by atoms with E-state index in [1.807, 2.05) is 30.5 Å². The summed E-state index contributed by atoms with van der Waals surface area (Å²) in [5, 5.41) is 0. The molecule has 0 saturated carbocycles. The topological polar surface area (TPSA) is 99.4 Å². The maximum atomic E-state index is 13.4. The lowest BCUT2D eigenvalue weighted by Crippen LogP contribution is -2.40. The van der Waals surface area contributed by atoms with Gasteiger partial charge in [0.15, 0.2) is 16.3 Å². The van der Waals surface area contributed by atoms with Crippen molar-refractivity contribution in [1.82, 2.24) is 8.87 Å². The molecule has 11 heteroatoms. The van der Waals surface area contributed by atoms with Crippen molar-refractivity contribution in [2.45, 2.75) is 44.2 Å². The molecule has 0 radical (unpaired) electrons. The third-order valence-corrected chi connectivity index (χ3v) is 9.14. The number of carbonyl (C=O) groups is 1. The number of nitrogens with zero attached hydrogens (tertiary/aromatic N) is 3. The predicted molar refractivity (Wildman–Crippen MR) is 138 cm³/mol. The van der Waals surface area contributed by atoms with Crippen molar-refractivity contribution in [1.29, 1.82) is 0 Å². The lowest BCUT2D eigenvalue weighted by molar-refractivity contribution is -0.121. The highest BCUT2D eigenvalue weighted by molar-refractivity contribution is 7.89. The first-order valence-electron chi connectivity index (χ1n) is 11.8. The molecule has 2 aromatic carbocycles. The molecule has 0 aliphatic carbocycles. The number of methoxy groups -OCH3 is 2. The van der Waals surface area contributed by atoms with Crippen molar-refractivity contribution in [3.05, 3.63) is 46.8 Å². The molecule has 0 bridgehead atoms. The SMILES string of the molecule is CCOCCn1c(=NC(=O)C2CCCN2S(=O)(=O)c2ccc(C)cc2)sc2cc(OC)c(OC)cc21. The maximum absolute atomic E-state index is 13.4. The van der Waals surface area contributed by atoms with Gasteiger partial charge in [-0.1, -0.05) is 29.0 Å². The summed E-state index contributed by atoms with van der Waals surface area (Å²) in [6.45, 7) is 5.59. The highest BCUT2D eigenvalue weighted by Crippen LogP contribution is 2.33. The summed E-state index contributed by atoms with van der Waals surface area (Å²) >= 11 is 1.34. The molecule has 9 nitrogen and oxygen atoms in total. The van der Waals surface area contributed by atoms with E-state index in [-0.39, 0.29) is 11.4 Å². The standard InChI is InChI=1S/C25H31N3O6S2/c1-5-34-14-13-27-20-15-21(32-3)22(33-4)16-23(20)35-25(27)26-24(29)19-7-6-12-28(19)36(30,31)18-10-8-17(2)9-11-18/h8-11,15-16,19H,5-7,12-14H2,1-4H3. The Morgan fingerprint density at radius 2 is 1.83 bits per heavy atom. The number of sulfonamides is 1. The highest BCUT2D eigenvalue weighted by atomic mass is 32.2. The normalized spacial score (nSPS) is 17.1. The first kappa shape index (κ1) is 26.3. The summed E-state index contributed by atoms with van der Waals surface area (Å²) in [5.41, 5.74) is 1.80. The minimum Gasteiger partial charge on any atom is -0.493 e. The number of hydrogen-bond donors (Lipinski definition) is 0. The molecule has 194 valence electrons. The fraction of sp³-hybridized carbons (Fsp3) is 0.440. The number of hydrogen-bond acceptors (Lipinski definition) is 7. The molecular formula is C25H31N3O6S2. The summed E-state index contributed by atoms with van der Waals surface area (Å²) < 4.78 is 47.1. The van der Waals surface area contributed by atoms with Crippen LogP contribution in [0.2, 0.25) is 0 Å². The number of amides is 1. The zero-order valence-corrected chi connectivity index (χ0v) is 22.5. The Morgan fingerprint density at radius 1 is 1.14 bits per heavy atom. The molecule has 2 heterocycles. The molecule has 1 aromatic heterocycles. The van der Waals surface area contributed by atoms with E-state index in [1.54, 1.807) is 38.5 Å². The van der Waals surface area contributed by atoms with Crippen molar-refractivity contribution < 1.29 is 27.4 Å². The largest absolute Gasteiger partial charge is 0.493 e. The smallest absolute Gasteiger partial charge is 0.266 e. The Hall–Kier alpha value is -2.73. The molecule has 1 atom stereocenters. The number of rotatable bonds is 9. The van der Waals surface area contributed by atoms with Gasteiger partial charge in [-0.05, 0) is 38.8 Å². The van der Waals surface area contributed by atoms with Crippen LogP contribution in [-0.4, -0.2) is 63.2 Å². The van der Waals surface area contributed by atoms with E-state index in [2.05, 4.69) is 4.99 Å². The van der Waals surface area contributed by atoms with Crippen LogP contribution in [0, 0.1) is 6.92 Å². The summed E-state index contributed by atoms with van der Waals surface area (Å²) in [7, 11) is -0.680. The molecule has 1 aliphatic rings. The van der Waals surface area contributed by atoms with Gasteiger partial charge in [-0.25, -0.2) is 8.42 Å². The van der Waals surface area contributed by atoms with Gasteiger partial charge in [0.05, 0.1) is 35.9 Å². The zero-order valence-electron chi connectivity index (χ0n) is 20.9. The maximum Gasteiger partial charge on any atom is 0.266 e. The second-order valence-electron chi connectivity index (χ2n) is 8.44. The van der Waals surface area contributed by atoms with Crippen LogP contribution in [0.3, 0.4) is 0 Å². The summed E-state index contributed by atoms with van der Waals surface area (Å²) in [6.07, 6.45) is 1.03. The number of thiazole rings is 1. The average Bonchev–Trinajstić information content (AvgIpc) is 3.49. The van der Waals surface area contributed by atoms with Crippen LogP contribution >= 0.6 is 11.3 Å². The van der Waals surface area contributed by atoms with Crippen molar-refractivity contribution in [2.24, 2.45) is 4.99 Å². The molecule has 1 amide bonds. The van der Waals surface area contributed by atoms with Gasteiger partial charge in [-0.3, -0.25) is 4.79 Å². The molecule has 1 unspecified atom stereocenters. The third kappa shape index (κ3) is 5.19. The lowest BCUT2D eigenvalue weighted by atomic mass is 10.2. The van der Waals surface area contributed by atoms with Gasteiger partial charge in [0.25, 0.3) is 5.91 Å². The van der Waals surface area contributed by atoms with Crippen LogP contribution in [-0.2, 0) is 26.1 Å². The summed E-state index contributed by atoms with van der Waals surface area (Å²) in [6, 6.07) is 9.53. The van der Waals surface area contributed by atoms with Crippen molar-refractivity contribution >= 4 is 37.5 Å². The average molecular weight is 534 g/mol. The number of ether oxygens (including phenoxy) is 3. The van der Waals surface area contributed by atoms with Crippen LogP contribution < -0.4 is 14.3 Å². The fourth-order valence-corrected chi connectivity index (χ4v) is 7.01. The van der Waals surface area contributed by atoms with E-state index in [0.717, 1.165) is 15.8 Å². The molecule has 1 fully saturated rings. The van der Waals surface area contributed by atoms with E-state index in [1.165, 1.54) is 15.6 Å². The summed E-state index contributed by atoms with van der Waals surface area (Å²) in [5.74, 6) is 0.670. The zero-order chi connectivity index (χ0) is 25.9. The molecular weight excluding hydrogens is 502 g/mol. The van der Waals surface area contributed by atoms with Gasteiger partial charge in [-0.15, -0.1) is 0 Å². The van der Waals surface area contributed by atoms with Crippen molar-refractivity contribution in [2.75, 3.05) is 34.0 Å². The Bertz CT molecular complexity index is 1410. The molecule has 0 spiro atoms. The van der Waals surface area contributed by atoms with Crippen molar-refractivity contribution in [3.8, 4) is 11.5 Å². The molecule has 36 heavy (non-hydrogen) atoms. The molecule has 3 aromatic rings. The minimum absolute atomic E-state index is 0.181. The first-order valence-corrected chi connectivity index (χ1v) is 14.1. The monoisotopic (exact) mass is 533 g/mol. The number of fused-ring (bicyclic) bond motifs is 1. The van der Waals surface area contributed by atoms with Crippen LogP contribution in [0.4, 0.5) is 0 Å². The van der Waals surface area contributed by atoms with Gasteiger partial charge in [0.1, 0.15) is 6.04 Å². The number of aryl methyl sites for hydroxylation is 1. The lowest BCUT2D eigenvalue weighted by Gasteiger charge is -2.21. The minimum atomic E-state index is -3.82. The molecule has 1 aliphatic heterocycles. The Balaban J connectivity index is 1.74. The van der Waals surface area contributed by atoms with E-state index >= 15 is 0 Å². The number of aromatic nitrogens is 1. The van der Waals surface area contributed by atoms with Gasteiger partial charge < -0.3 is 18.8 Å². The molecule has 4 rings (SSSR count). The van der Waals surface area contributed by atoms with Crippen molar-refractivity contribution in [3.63, 3.8) is 0 Å². The predicted octanol–water partition coefficient (Wildman–Crippen LogP) is 3.35. The van der Waals surface area contributed by atoms with Crippen LogP contribution in [0.25, 0.3) is 10.2 Å². The van der Waals surface area contributed by atoms with E-state index in [9.17, 15) is 13.2 Å². The first-order chi connectivity index (χ1) is 17.3. The van der Waals surface area contributed by atoms with Crippen LogP contribution in [0.5, 0.6) is 11.5 Å². The van der Waals surface area contributed by atoms with Gasteiger partial charge in [0.2, 0.25) is 10.0 Å². The Kier molecular flexibility index (Phi) is 8.13. The Morgan fingerprint density at radius 3 is 2.50 bits per heavy atom. The van der Waals surface area contributed by atoms with Gasteiger partial charge in [0, 0.05) is 31.8 Å². The van der Waals surface area contributed by atoms with E-state index < -0.39 is 22.0 Å². The number of benzene rings is 2. The quantitative estimate of drug-likeness (QED) is 0.391. The second-order valence-corrected chi connectivity index (χ2v) is 11.3. The van der Waals surface area contributed by atoms with E-state index in [0.29, 0.717) is 48.9 Å². The third-order valence-electron chi connectivity index (χ3n) is 6.17. The Labute approximate surface area is 215 Å². The number of carbonyl (C=O) groups excluding carboxylic acids is 1. The molecule has 0 N–H and O–H groups in total. The van der Waals surface area contributed by atoms with Gasteiger partial charge in [-0.2, -0.15) is 9.30 Å². The molecule has 1 saturated heterocycles. The highest BCUT2D eigenvalue weighted by Gasteiger charge is 2.39. The van der Waals surface area contributed by atoms with Crippen LogP contribution in [0.1, 0.15) is 25.3 Å². The second kappa shape index (κ2) is 11.1. The van der Waals surface area contributed by atoms with Crippen LogP contribution in [0.15, 0.2) is 46.3 Å². The fourth-order valence-electron chi connectivity index (χ4n) is 4.29. The van der Waals surface area contributed by atoms with Gasteiger partial charge >= 0.3 is 0 Å². The van der Waals surface area contributed by atoms with E-state index in [4.69, 9.17) is 14.2 Å².